The first-order chi connectivity index (χ1) is 10.7. The predicted molar refractivity (Wildman–Crippen MR) is 81.8 cm³/mol. The fourth-order valence-electron chi connectivity index (χ4n) is 4.22. The molecule has 0 N–H and O–H groups in total. The molecule has 0 radical (unpaired) electrons. The molecule has 1 spiro atoms. The number of benzene rings is 1. The fourth-order valence-corrected chi connectivity index (χ4v) is 4.22. The van der Waals surface area contributed by atoms with Crippen molar-refractivity contribution in [3.05, 3.63) is 53.3 Å². The molecule has 1 aromatic rings. The number of ether oxygens (including phenoxy) is 1. The van der Waals surface area contributed by atoms with Crippen LogP contribution < -0.4 is 0 Å². The number of hydrogen-bond acceptors (Lipinski definition) is 3. The molecule has 0 aromatic heterocycles. The topological polar surface area (TPSA) is 46.6 Å². The van der Waals surface area contributed by atoms with E-state index in [1.807, 2.05) is 23.1 Å². The van der Waals surface area contributed by atoms with Crippen LogP contribution in [0.15, 0.2) is 42.2 Å². The lowest BCUT2D eigenvalue weighted by Gasteiger charge is -2.43. The first-order valence-electron chi connectivity index (χ1n) is 7.52. The average Bonchev–Trinajstić information content (AvgIpc) is 2.90. The van der Waals surface area contributed by atoms with Gasteiger partial charge in [-0.25, -0.2) is 0 Å². The van der Waals surface area contributed by atoms with E-state index in [-0.39, 0.29) is 17.2 Å². The van der Waals surface area contributed by atoms with E-state index >= 15 is 0 Å². The molecule has 112 valence electrons. The van der Waals surface area contributed by atoms with Crippen molar-refractivity contribution in [2.75, 3.05) is 13.7 Å². The molecule has 1 saturated heterocycles. The Balaban J connectivity index is 1.96. The number of ketones is 1. The Bertz CT molecular complexity index is 734. The van der Waals surface area contributed by atoms with Crippen LogP contribution in [-0.4, -0.2) is 36.8 Å². The number of methoxy groups -OCH3 is 1. The molecule has 2 atom stereocenters. The zero-order chi connectivity index (χ0) is 15.3. The van der Waals surface area contributed by atoms with E-state index < -0.39 is 0 Å². The summed E-state index contributed by atoms with van der Waals surface area (Å²) in [6.45, 7) is 0.710. The summed E-state index contributed by atoms with van der Waals surface area (Å²) in [6.07, 6.45) is 6.24. The van der Waals surface area contributed by atoms with E-state index in [0.29, 0.717) is 12.3 Å². The fraction of sp³-hybridized carbons (Fsp3) is 0.333. The van der Waals surface area contributed by atoms with E-state index in [1.54, 1.807) is 6.08 Å². The van der Waals surface area contributed by atoms with Crippen molar-refractivity contribution in [1.82, 2.24) is 4.90 Å². The van der Waals surface area contributed by atoms with Gasteiger partial charge in [-0.15, -0.1) is 0 Å². The molecular formula is C18H17NO3. The number of nitrogens with zero attached hydrogens (tertiary/aromatic N) is 1. The smallest absolute Gasteiger partial charge is 0.220 e. The summed E-state index contributed by atoms with van der Waals surface area (Å²) in [5.41, 5.74) is 3.07. The minimum absolute atomic E-state index is 0.0596. The summed E-state index contributed by atoms with van der Waals surface area (Å²) in [4.78, 5) is 25.6. The summed E-state index contributed by atoms with van der Waals surface area (Å²) in [7, 11) is 1.53. The zero-order valence-corrected chi connectivity index (χ0v) is 12.4. The van der Waals surface area contributed by atoms with Crippen molar-refractivity contribution in [2.45, 2.75) is 18.9 Å². The minimum Gasteiger partial charge on any atom is -0.493 e. The molecule has 0 bridgehead atoms. The van der Waals surface area contributed by atoms with Gasteiger partial charge in [0.05, 0.1) is 7.11 Å². The number of carbonyl (C=O) groups excluding carboxylic acids is 2. The van der Waals surface area contributed by atoms with Gasteiger partial charge in [0.25, 0.3) is 0 Å². The number of rotatable bonds is 2. The van der Waals surface area contributed by atoms with Crippen molar-refractivity contribution in [3.63, 3.8) is 0 Å². The normalized spacial score (nSPS) is 29.0. The van der Waals surface area contributed by atoms with E-state index in [9.17, 15) is 9.59 Å². The molecule has 4 heteroatoms. The van der Waals surface area contributed by atoms with Gasteiger partial charge in [-0.1, -0.05) is 24.3 Å². The number of allylic oxidation sites excluding steroid dienone is 1. The molecule has 0 unspecified atom stereocenters. The number of likely N-dealkylation sites (tertiary alicyclic amines) is 1. The minimum atomic E-state index is -0.297. The van der Waals surface area contributed by atoms with Crippen LogP contribution in [0.3, 0.4) is 0 Å². The monoisotopic (exact) mass is 295 g/mol. The molecule has 2 aliphatic carbocycles. The van der Waals surface area contributed by atoms with Crippen molar-refractivity contribution in [2.24, 2.45) is 5.41 Å². The third-order valence-corrected chi connectivity index (χ3v) is 5.26. The average molecular weight is 295 g/mol. The molecule has 1 heterocycles. The third-order valence-electron chi connectivity index (χ3n) is 5.26. The molecular weight excluding hydrogens is 278 g/mol. The van der Waals surface area contributed by atoms with Crippen LogP contribution in [0, 0.1) is 5.41 Å². The lowest BCUT2D eigenvalue weighted by molar-refractivity contribution is -0.119. The molecule has 4 rings (SSSR count). The maximum atomic E-state index is 12.3. The Morgan fingerprint density at radius 2 is 2.18 bits per heavy atom. The summed E-state index contributed by atoms with van der Waals surface area (Å²) in [6, 6.07) is 8.22. The third kappa shape index (κ3) is 1.58. The Morgan fingerprint density at radius 3 is 2.95 bits per heavy atom. The SMILES string of the molecule is COC1=C[C@@]23CCN(C=O)[C@@H]2Cc2ccccc2C3=CC1=O. The van der Waals surface area contributed by atoms with Crippen molar-refractivity contribution < 1.29 is 14.3 Å². The lowest BCUT2D eigenvalue weighted by Crippen LogP contribution is -2.45. The summed E-state index contributed by atoms with van der Waals surface area (Å²) in [5, 5.41) is 0. The Hall–Kier alpha value is -2.36. The standard InChI is InChI=1S/C18H17NO3/c1-22-16-10-18-6-7-19(11-20)17(18)8-12-4-2-3-5-13(12)14(18)9-15(16)21/h2-5,9-11,17H,6-8H2,1H3/t17-,18-/m1/s1. The van der Waals surface area contributed by atoms with Crippen LogP contribution in [-0.2, 0) is 20.7 Å². The van der Waals surface area contributed by atoms with Gasteiger partial charge in [-0.05, 0) is 41.7 Å². The van der Waals surface area contributed by atoms with Gasteiger partial charge in [0.1, 0.15) is 0 Å². The van der Waals surface area contributed by atoms with Crippen LogP contribution in [0.4, 0.5) is 0 Å². The second-order valence-electron chi connectivity index (χ2n) is 6.15. The maximum absolute atomic E-state index is 12.3. The molecule has 1 amide bonds. The first kappa shape index (κ1) is 13.3. The molecule has 1 aliphatic heterocycles. The summed E-state index contributed by atoms with van der Waals surface area (Å²) < 4.78 is 5.27. The van der Waals surface area contributed by atoms with Gasteiger partial charge in [-0.3, -0.25) is 9.59 Å². The van der Waals surface area contributed by atoms with Gasteiger partial charge in [0.2, 0.25) is 12.2 Å². The van der Waals surface area contributed by atoms with Crippen molar-refractivity contribution >= 4 is 17.8 Å². The van der Waals surface area contributed by atoms with Crippen molar-refractivity contribution in [3.8, 4) is 0 Å². The highest BCUT2D eigenvalue weighted by atomic mass is 16.5. The first-order valence-corrected chi connectivity index (χ1v) is 7.52. The summed E-state index contributed by atoms with van der Waals surface area (Å²) >= 11 is 0. The van der Waals surface area contributed by atoms with Crippen LogP contribution in [0.5, 0.6) is 0 Å². The highest BCUT2D eigenvalue weighted by molar-refractivity contribution is 6.10. The largest absolute Gasteiger partial charge is 0.493 e. The Labute approximate surface area is 129 Å². The number of fused-ring (bicyclic) bond motifs is 2. The molecule has 1 aromatic carbocycles. The van der Waals surface area contributed by atoms with Gasteiger partial charge >= 0.3 is 0 Å². The van der Waals surface area contributed by atoms with E-state index in [4.69, 9.17) is 4.74 Å². The maximum Gasteiger partial charge on any atom is 0.220 e. The number of amides is 1. The second-order valence-corrected chi connectivity index (χ2v) is 6.15. The van der Waals surface area contributed by atoms with Crippen LogP contribution in [0.1, 0.15) is 17.5 Å². The Kier molecular flexibility index (Phi) is 2.76. The summed E-state index contributed by atoms with van der Waals surface area (Å²) in [5.74, 6) is 0.295. The van der Waals surface area contributed by atoms with E-state index in [1.165, 1.54) is 12.7 Å². The highest BCUT2D eigenvalue weighted by Crippen LogP contribution is 2.55. The van der Waals surface area contributed by atoms with Crippen LogP contribution >= 0.6 is 0 Å². The molecule has 4 nitrogen and oxygen atoms in total. The quantitative estimate of drug-likeness (QED) is 0.784. The van der Waals surface area contributed by atoms with Gasteiger partial charge in [0, 0.05) is 18.0 Å². The predicted octanol–water partition coefficient (Wildman–Crippen LogP) is 1.96. The highest BCUT2D eigenvalue weighted by Gasteiger charge is 2.53. The number of carbonyl (C=O) groups is 2. The molecule has 3 aliphatic rings. The van der Waals surface area contributed by atoms with Crippen LogP contribution in [0.2, 0.25) is 0 Å². The van der Waals surface area contributed by atoms with Crippen LogP contribution in [0.25, 0.3) is 5.57 Å². The van der Waals surface area contributed by atoms with E-state index in [0.717, 1.165) is 30.4 Å². The lowest BCUT2D eigenvalue weighted by atomic mass is 9.62. The Morgan fingerprint density at radius 1 is 1.36 bits per heavy atom. The zero-order valence-electron chi connectivity index (χ0n) is 12.4. The number of hydrogen-bond donors (Lipinski definition) is 0. The van der Waals surface area contributed by atoms with Gasteiger partial charge < -0.3 is 9.64 Å². The second kappa shape index (κ2) is 4.57. The van der Waals surface area contributed by atoms with E-state index in [2.05, 4.69) is 12.1 Å². The molecule has 22 heavy (non-hydrogen) atoms. The molecule has 0 saturated carbocycles. The molecule has 1 fully saturated rings. The van der Waals surface area contributed by atoms with Gasteiger partial charge in [0.15, 0.2) is 5.76 Å². The van der Waals surface area contributed by atoms with Crippen molar-refractivity contribution in [1.29, 1.82) is 0 Å². The van der Waals surface area contributed by atoms with Gasteiger partial charge in [-0.2, -0.15) is 0 Å².